The Bertz CT molecular complexity index is 567. The van der Waals surface area contributed by atoms with Crippen molar-refractivity contribution >= 4 is 23.4 Å². The average molecular weight is 193 g/mol. The molecular weight excluding hydrogens is 186 g/mol. The Morgan fingerprint density at radius 3 is 2.86 bits per heavy atom. The molecule has 0 radical (unpaired) electrons. The quantitative estimate of drug-likeness (QED) is 0.568. The smallest absolute Gasteiger partial charge is 0.278 e. The third-order valence-corrected chi connectivity index (χ3v) is 1.90. The van der Waals surface area contributed by atoms with Gasteiger partial charge in [-0.1, -0.05) is 0 Å². The Kier molecular flexibility index (Phi) is 1.60. The number of aromatic amines is 1. The van der Waals surface area contributed by atoms with E-state index in [2.05, 4.69) is 15.0 Å². The second-order valence-corrected chi connectivity index (χ2v) is 2.77. The van der Waals surface area contributed by atoms with Crippen LogP contribution in [0.1, 0.15) is 10.6 Å². The van der Waals surface area contributed by atoms with Crippen LogP contribution in [0.3, 0.4) is 0 Å². The van der Waals surface area contributed by atoms with Gasteiger partial charge in [0.15, 0.2) is 23.3 Å². The molecule has 0 aliphatic heterocycles. The maximum atomic E-state index is 11.4. The molecule has 0 fully saturated rings. The molecule has 0 amide bonds. The van der Waals surface area contributed by atoms with Crippen molar-refractivity contribution in [2.24, 2.45) is 7.05 Å². The molecule has 2 rings (SSSR count). The van der Waals surface area contributed by atoms with E-state index in [0.717, 1.165) is 0 Å². The summed E-state index contributed by atoms with van der Waals surface area (Å²) in [6, 6.07) is 0. The van der Waals surface area contributed by atoms with Crippen LogP contribution in [0.15, 0.2) is 4.79 Å². The standard InChI is InChI=1S/C7H7N5O2/c1-12-3(2-13)9-5-4(12)6(14)11-7(8)10-5/h2H,1H3,(H3,8,10,11,14). The summed E-state index contributed by atoms with van der Waals surface area (Å²) >= 11 is 0. The number of imidazole rings is 1. The number of hydrogen-bond donors (Lipinski definition) is 2. The van der Waals surface area contributed by atoms with Crippen LogP contribution in [-0.2, 0) is 7.05 Å². The van der Waals surface area contributed by atoms with Gasteiger partial charge in [0, 0.05) is 7.05 Å². The topological polar surface area (TPSA) is 107 Å². The molecule has 2 heterocycles. The summed E-state index contributed by atoms with van der Waals surface area (Å²) in [6.45, 7) is 0. The molecule has 0 spiro atoms. The normalized spacial score (nSPS) is 10.6. The molecule has 0 saturated carbocycles. The minimum atomic E-state index is -0.407. The number of nitrogens with two attached hydrogens (primary N) is 1. The maximum Gasteiger partial charge on any atom is 0.278 e. The number of rotatable bonds is 1. The molecule has 2 aromatic heterocycles. The number of anilines is 1. The van der Waals surface area contributed by atoms with Gasteiger partial charge in [-0.15, -0.1) is 0 Å². The van der Waals surface area contributed by atoms with Crippen molar-refractivity contribution in [2.45, 2.75) is 0 Å². The van der Waals surface area contributed by atoms with Crippen LogP contribution in [0.2, 0.25) is 0 Å². The molecule has 7 nitrogen and oxygen atoms in total. The van der Waals surface area contributed by atoms with Crippen LogP contribution in [0.4, 0.5) is 5.95 Å². The Hall–Kier alpha value is -2.18. The van der Waals surface area contributed by atoms with Crippen LogP contribution in [0.25, 0.3) is 11.2 Å². The third-order valence-electron chi connectivity index (χ3n) is 1.90. The Morgan fingerprint density at radius 1 is 1.50 bits per heavy atom. The van der Waals surface area contributed by atoms with Crippen LogP contribution >= 0.6 is 0 Å². The Morgan fingerprint density at radius 2 is 2.21 bits per heavy atom. The summed E-state index contributed by atoms with van der Waals surface area (Å²) < 4.78 is 1.37. The molecule has 2 aromatic rings. The zero-order valence-electron chi connectivity index (χ0n) is 7.31. The van der Waals surface area contributed by atoms with Crippen molar-refractivity contribution < 1.29 is 4.79 Å². The number of fused-ring (bicyclic) bond motifs is 1. The van der Waals surface area contributed by atoms with Gasteiger partial charge in [0.25, 0.3) is 5.56 Å². The molecule has 7 heteroatoms. The first-order valence-corrected chi connectivity index (χ1v) is 3.81. The number of nitrogen functional groups attached to an aromatic ring is 1. The summed E-state index contributed by atoms with van der Waals surface area (Å²) in [5, 5.41) is 0. The number of aromatic nitrogens is 4. The maximum absolute atomic E-state index is 11.4. The van der Waals surface area contributed by atoms with Gasteiger partial charge in [-0.3, -0.25) is 14.6 Å². The minimum Gasteiger partial charge on any atom is -0.369 e. The minimum absolute atomic E-state index is 0.0157. The number of H-pyrrole nitrogens is 1. The summed E-state index contributed by atoms with van der Waals surface area (Å²) in [5.74, 6) is 0.127. The highest BCUT2D eigenvalue weighted by atomic mass is 16.1. The van der Waals surface area contributed by atoms with Gasteiger partial charge >= 0.3 is 0 Å². The fraction of sp³-hybridized carbons (Fsp3) is 0.143. The Balaban J connectivity index is 2.99. The van der Waals surface area contributed by atoms with Gasteiger partial charge in [-0.25, -0.2) is 4.98 Å². The van der Waals surface area contributed by atoms with Gasteiger partial charge in [0.05, 0.1) is 0 Å². The van der Waals surface area contributed by atoms with Crippen molar-refractivity contribution in [2.75, 3.05) is 5.73 Å². The van der Waals surface area contributed by atoms with Crippen LogP contribution in [0.5, 0.6) is 0 Å². The molecule has 0 aliphatic rings. The van der Waals surface area contributed by atoms with Gasteiger partial charge in [0.1, 0.15) is 0 Å². The number of hydrogen-bond acceptors (Lipinski definition) is 5. The molecule has 0 aliphatic carbocycles. The van der Waals surface area contributed by atoms with Crippen molar-refractivity contribution in [3.63, 3.8) is 0 Å². The van der Waals surface area contributed by atoms with E-state index < -0.39 is 5.56 Å². The average Bonchev–Trinajstić information content (AvgIpc) is 2.42. The first-order valence-electron chi connectivity index (χ1n) is 3.81. The molecule has 0 unspecified atom stereocenters. The third kappa shape index (κ3) is 0.987. The molecule has 0 atom stereocenters. The van der Waals surface area contributed by atoms with E-state index in [1.165, 1.54) is 4.57 Å². The number of carbonyl (C=O) groups is 1. The van der Waals surface area contributed by atoms with Gasteiger partial charge in [-0.2, -0.15) is 4.98 Å². The Labute approximate surface area is 77.6 Å². The van der Waals surface area contributed by atoms with Crippen LogP contribution < -0.4 is 11.3 Å². The van der Waals surface area contributed by atoms with Crippen LogP contribution in [0, 0.1) is 0 Å². The molecule has 14 heavy (non-hydrogen) atoms. The molecule has 0 aromatic carbocycles. The first kappa shape index (κ1) is 8.42. The molecule has 3 N–H and O–H groups in total. The summed E-state index contributed by atoms with van der Waals surface area (Å²) in [6.07, 6.45) is 0.553. The van der Waals surface area contributed by atoms with E-state index in [1.807, 2.05) is 0 Å². The van der Waals surface area contributed by atoms with E-state index in [1.54, 1.807) is 7.05 Å². The predicted molar refractivity (Wildman–Crippen MR) is 48.9 cm³/mol. The molecule has 72 valence electrons. The number of carbonyl (C=O) groups excluding carboxylic acids is 1. The highest BCUT2D eigenvalue weighted by molar-refractivity contribution is 5.80. The lowest BCUT2D eigenvalue weighted by Crippen LogP contribution is -2.13. The summed E-state index contributed by atoms with van der Waals surface area (Å²) in [4.78, 5) is 31.9. The van der Waals surface area contributed by atoms with E-state index in [0.29, 0.717) is 6.29 Å². The van der Waals surface area contributed by atoms with Crippen molar-refractivity contribution in [3.05, 3.63) is 16.2 Å². The zero-order valence-corrected chi connectivity index (χ0v) is 7.31. The first-order chi connectivity index (χ1) is 6.63. The van der Waals surface area contributed by atoms with E-state index in [9.17, 15) is 9.59 Å². The molecular formula is C7H7N5O2. The van der Waals surface area contributed by atoms with Crippen molar-refractivity contribution in [1.29, 1.82) is 0 Å². The van der Waals surface area contributed by atoms with Crippen molar-refractivity contribution in [3.8, 4) is 0 Å². The largest absolute Gasteiger partial charge is 0.369 e. The lowest BCUT2D eigenvalue weighted by molar-refractivity contribution is 0.111. The van der Waals surface area contributed by atoms with Gasteiger partial charge in [0.2, 0.25) is 5.95 Å². The van der Waals surface area contributed by atoms with E-state index in [4.69, 9.17) is 5.73 Å². The highest BCUT2D eigenvalue weighted by Gasteiger charge is 2.11. The zero-order chi connectivity index (χ0) is 10.3. The lowest BCUT2D eigenvalue weighted by Gasteiger charge is -1.94. The lowest BCUT2D eigenvalue weighted by atomic mass is 10.5. The molecule has 0 bridgehead atoms. The number of aldehydes is 1. The van der Waals surface area contributed by atoms with Crippen molar-refractivity contribution in [1.82, 2.24) is 19.5 Å². The summed E-state index contributed by atoms with van der Waals surface area (Å²) in [7, 11) is 1.56. The predicted octanol–water partition coefficient (Wildman–Crippen LogP) is -0.949. The van der Waals surface area contributed by atoms with Crippen LogP contribution in [-0.4, -0.2) is 25.8 Å². The molecule has 0 saturated heterocycles. The SMILES string of the molecule is Cn1c(C=O)nc2nc(N)[nH]c(=O)c21. The fourth-order valence-corrected chi connectivity index (χ4v) is 1.26. The van der Waals surface area contributed by atoms with Gasteiger partial charge < -0.3 is 10.3 Å². The van der Waals surface area contributed by atoms with E-state index in [-0.39, 0.29) is 22.9 Å². The number of nitrogens with zero attached hydrogens (tertiary/aromatic N) is 3. The second-order valence-electron chi connectivity index (χ2n) is 2.77. The fourth-order valence-electron chi connectivity index (χ4n) is 1.26. The highest BCUT2D eigenvalue weighted by Crippen LogP contribution is 2.06. The van der Waals surface area contributed by atoms with E-state index >= 15 is 0 Å². The van der Waals surface area contributed by atoms with Gasteiger partial charge in [-0.05, 0) is 0 Å². The second kappa shape index (κ2) is 2.66. The summed E-state index contributed by atoms with van der Waals surface area (Å²) in [5.41, 5.74) is 5.33. The number of aryl methyl sites for hydroxylation is 1. The monoisotopic (exact) mass is 193 g/mol. The number of nitrogens with one attached hydrogen (secondary N) is 1.